The van der Waals surface area contributed by atoms with Gasteiger partial charge in [-0.1, -0.05) is 45.0 Å². The zero-order valence-corrected chi connectivity index (χ0v) is 13.7. The Balaban J connectivity index is 2.18. The molecule has 1 heterocycles. The molecule has 1 aliphatic heterocycles. The lowest BCUT2D eigenvalue weighted by Gasteiger charge is -2.34. The maximum atomic E-state index is 12.6. The smallest absolute Gasteiger partial charge is 0.224 e. The minimum absolute atomic E-state index is 0.0101. The van der Waals surface area contributed by atoms with Crippen LogP contribution in [0.5, 0.6) is 0 Å². The average molecular weight is 288 g/mol. The molecule has 0 spiro atoms. The molecule has 1 aromatic rings. The number of hydrogen-bond donors (Lipinski definition) is 2. The van der Waals surface area contributed by atoms with Gasteiger partial charge in [0.25, 0.3) is 0 Å². The summed E-state index contributed by atoms with van der Waals surface area (Å²) in [5, 5.41) is 6.62. The van der Waals surface area contributed by atoms with E-state index in [0.717, 1.165) is 25.9 Å². The zero-order valence-electron chi connectivity index (χ0n) is 13.7. The molecule has 1 saturated heterocycles. The Labute approximate surface area is 128 Å². The van der Waals surface area contributed by atoms with Crippen LogP contribution in [-0.4, -0.2) is 19.0 Å². The van der Waals surface area contributed by atoms with Gasteiger partial charge in [0.1, 0.15) is 0 Å². The molecule has 116 valence electrons. The Morgan fingerprint density at radius 1 is 1.33 bits per heavy atom. The van der Waals surface area contributed by atoms with Crippen molar-refractivity contribution in [1.29, 1.82) is 0 Å². The summed E-state index contributed by atoms with van der Waals surface area (Å²) in [6, 6.07) is 8.39. The van der Waals surface area contributed by atoms with Crippen LogP contribution in [-0.2, 0) is 4.79 Å². The lowest BCUT2D eigenvalue weighted by atomic mass is 9.80. The Morgan fingerprint density at radius 3 is 2.62 bits per heavy atom. The second-order valence-electron chi connectivity index (χ2n) is 7.21. The highest BCUT2D eigenvalue weighted by atomic mass is 16.2. The van der Waals surface area contributed by atoms with Gasteiger partial charge in [-0.3, -0.25) is 4.79 Å². The predicted molar refractivity (Wildman–Crippen MR) is 87.1 cm³/mol. The molecule has 3 nitrogen and oxygen atoms in total. The van der Waals surface area contributed by atoms with Gasteiger partial charge >= 0.3 is 0 Å². The molecule has 2 atom stereocenters. The average Bonchev–Trinajstić information content (AvgIpc) is 2.45. The van der Waals surface area contributed by atoms with Gasteiger partial charge < -0.3 is 10.6 Å². The standard InChI is InChI=1S/C18H28N2O/c1-13-8-5-6-10-15(13)16(18(2,3)4)20-17(21)14-9-7-11-19-12-14/h5-6,8,10,14,16,19H,7,9,11-12H2,1-4H3,(H,20,21). The summed E-state index contributed by atoms with van der Waals surface area (Å²) < 4.78 is 0. The van der Waals surface area contributed by atoms with Crippen LogP contribution < -0.4 is 10.6 Å². The van der Waals surface area contributed by atoms with Gasteiger partial charge in [-0.05, 0) is 42.9 Å². The minimum atomic E-state index is -0.0101. The van der Waals surface area contributed by atoms with Gasteiger partial charge in [-0.15, -0.1) is 0 Å². The van der Waals surface area contributed by atoms with Crippen molar-refractivity contribution < 1.29 is 4.79 Å². The van der Waals surface area contributed by atoms with Crippen LogP contribution in [0.1, 0.15) is 50.8 Å². The van der Waals surface area contributed by atoms with Crippen LogP contribution in [0, 0.1) is 18.3 Å². The van der Waals surface area contributed by atoms with Gasteiger partial charge in [-0.25, -0.2) is 0 Å². The highest BCUT2D eigenvalue weighted by Gasteiger charge is 2.31. The molecule has 3 heteroatoms. The molecule has 21 heavy (non-hydrogen) atoms. The highest BCUT2D eigenvalue weighted by molar-refractivity contribution is 5.79. The summed E-state index contributed by atoms with van der Waals surface area (Å²) in [6.07, 6.45) is 2.08. The zero-order chi connectivity index (χ0) is 15.5. The molecule has 0 radical (unpaired) electrons. The van der Waals surface area contributed by atoms with Gasteiger partial charge in [0.15, 0.2) is 0 Å². The summed E-state index contributed by atoms with van der Waals surface area (Å²) in [6.45, 7) is 10.5. The van der Waals surface area contributed by atoms with E-state index in [1.54, 1.807) is 0 Å². The van der Waals surface area contributed by atoms with Gasteiger partial charge in [0.2, 0.25) is 5.91 Å². The third-order valence-corrected chi connectivity index (χ3v) is 4.32. The van der Waals surface area contributed by atoms with Crippen molar-refractivity contribution >= 4 is 5.91 Å². The topological polar surface area (TPSA) is 41.1 Å². The minimum Gasteiger partial charge on any atom is -0.348 e. The fraction of sp³-hybridized carbons (Fsp3) is 0.611. The number of aryl methyl sites for hydroxylation is 1. The monoisotopic (exact) mass is 288 g/mol. The molecule has 2 rings (SSSR count). The van der Waals surface area contributed by atoms with E-state index in [2.05, 4.69) is 56.5 Å². The van der Waals surface area contributed by atoms with Crippen LogP contribution in [0.3, 0.4) is 0 Å². The number of carbonyl (C=O) groups excluding carboxylic acids is 1. The number of nitrogens with one attached hydrogen (secondary N) is 2. The first-order chi connectivity index (χ1) is 9.89. The van der Waals surface area contributed by atoms with Crippen LogP contribution in [0.25, 0.3) is 0 Å². The van der Waals surface area contributed by atoms with Crippen molar-refractivity contribution in [2.24, 2.45) is 11.3 Å². The molecule has 2 unspecified atom stereocenters. The van der Waals surface area contributed by atoms with E-state index in [1.807, 2.05) is 6.07 Å². The third-order valence-electron chi connectivity index (χ3n) is 4.32. The molecule has 1 amide bonds. The highest BCUT2D eigenvalue weighted by Crippen LogP contribution is 2.34. The first-order valence-electron chi connectivity index (χ1n) is 7.96. The molecule has 0 saturated carbocycles. The van der Waals surface area contributed by atoms with Crippen molar-refractivity contribution in [3.63, 3.8) is 0 Å². The maximum Gasteiger partial charge on any atom is 0.224 e. The lowest BCUT2D eigenvalue weighted by molar-refractivity contribution is -0.127. The van der Waals surface area contributed by atoms with E-state index in [9.17, 15) is 4.79 Å². The largest absolute Gasteiger partial charge is 0.348 e. The SMILES string of the molecule is Cc1ccccc1C(NC(=O)C1CCCNC1)C(C)(C)C. The number of rotatable bonds is 3. The van der Waals surface area contributed by atoms with Crippen molar-refractivity contribution in [2.75, 3.05) is 13.1 Å². The van der Waals surface area contributed by atoms with Crippen LogP contribution in [0.4, 0.5) is 0 Å². The van der Waals surface area contributed by atoms with E-state index < -0.39 is 0 Å². The van der Waals surface area contributed by atoms with Crippen molar-refractivity contribution in [3.05, 3.63) is 35.4 Å². The molecular weight excluding hydrogens is 260 g/mol. The maximum absolute atomic E-state index is 12.6. The first-order valence-corrected chi connectivity index (χ1v) is 7.96. The van der Waals surface area contributed by atoms with Crippen LogP contribution in [0.2, 0.25) is 0 Å². The predicted octanol–water partition coefficient (Wildman–Crippen LogP) is 3.20. The van der Waals surface area contributed by atoms with Gasteiger partial charge in [-0.2, -0.15) is 0 Å². The van der Waals surface area contributed by atoms with E-state index in [1.165, 1.54) is 11.1 Å². The summed E-state index contributed by atoms with van der Waals surface area (Å²) in [5.41, 5.74) is 2.45. The Bertz CT molecular complexity index is 484. The van der Waals surface area contributed by atoms with Gasteiger partial charge in [0, 0.05) is 6.54 Å². The molecule has 0 bridgehead atoms. The van der Waals surface area contributed by atoms with Crippen LogP contribution >= 0.6 is 0 Å². The van der Waals surface area contributed by atoms with E-state index in [-0.39, 0.29) is 23.3 Å². The molecule has 1 aromatic carbocycles. The third kappa shape index (κ3) is 4.07. The van der Waals surface area contributed by atoms with Crippen LogP contribution in [0.15, 0.2) is 24.3 Å². The summed E-state index contributed by atoms with van der Waals surface area (Å²) in [4.78, 5) is 12.6. The number of carbonyl (C=O) groups is 1. The number of benzene rings is 1. The Hall–Kier alpha value is -1.35. The summed E-state index contributed by atoms with van der Waals surface area (Å²) in [5.74, 6) is 0.290. The van der Waals surface area contributed by atoms with E-state index in [4.69, 9.17) is 0 Å². The number of hydrogen-bond acceptors (Lipinski definition) is 2. The molecule has 1 fully saturated rings. The fourth-order valence-electron chi connectivity index (χ4n) is 3.01. The summed E-state index contributed by atoms with van der Waals surface area (Å²) >= 11 is 0. The van der Waals surface area contributed by atoms with E-state index in [0.29, 0.717) is 0 Å². The Morgan fingerprint density at radius 2 is 2.05 bits per heavy atom. The molecular formula is C18H28N2O. The van der Waals surface area contributed by atoms with Crippen molar-refractivity contribution in [2.45, 2.75) is 46.6 Å². The lowest BCUT2D eigenvalue weighted by Crippen LogP contribution is -2.44. The fourth-order valence-corrected chi connectivity index (χ4v) is 3.01. The normalized spacial score (nSPS) is 20.9. The molecule has 1 aliphatic rings. The number of amides is 1. The second-order valence-corrected chi connectivity index (χ2v) is 7.21. The number of piperidine rings is 1. The van der Waals surface area contributed by atoms with Crippen molar-refractivity contribution in [1.82, 2.24) is 10.6 Å². The quantitative estimate of drug-likeness (QED) is 0.897. The summed E-state index contributed by atoms with van der Waals surface area (Å²) in [7, 11) is 0. The molecule has 0 aliphatic carbocycles. The first kappa shape index (κ1) is 16.0. The van der Waals surface area contributed by atoms with Gasteiger partial charge in [0.05, 0.1) is 12.0 Å². The Kier molecular flexibility index (Phi) is 5.04. The second kappa shape index (κ2) is 6.61. The molecule has 2 N–H and O–H groups in total. The molecule has 0 aromatic heterocycles. The van der Waals surface area contributed by atoms with Crippen molar-refractivity contribution in [3.8, 4) is 0 Å². The van der Waals surface area contributed by atoms with E-state index >= 15 is 0 Å².